The molecule has 1 aromatic heterocycles. The largest absolute Gasteiger partial charge is 0.352 e. The fourth-order valence-corrected chi connectivity index (χ4v) is 3.89. The number of anilines is 3. The van der Waals surface area contributed by atoms with Crippen LogP contribution in [0.5, 0.6) is 0 Å². The van der Waals surface area contributed by atoms with Crippen LogP contribution in [-0.2, 0) is 9.59 Å². The molecule has 0 spiro atoms. The summed E-state index contributed by atoms with van der Waals surface area (Å²) < 4.78 is 0. The van der Waals surface area contributed by atoms with Gasteiger partial charge in [-0.05, 0) is 49.2 Å². The van der Waals surface area contributed by atoms with E-state index >= 15 is 0 Å². The Bertz CT molecular complexity index is 1210. The third-order valence-electron chi connectivity index (χ3n) is 5.60. The number of hydrogen-bond acceptors (Lipinski definition) is 6. The lowest BCUT2D eigenvalue weighted by Crippen LogP contribution is -2.30. The highest BCUT2D eigenvalue weighted by molar-refractivity contribution is 5.95. The third kappa shape index (κ3) is 6.63. The molecule has 1 saturated heterocycles. The average molecular weight is 473 g/mol. The van der Waals surface area contributed by atoms with Gasteiger partial charge in [-0.1, -0.05) is 18.2 Å². The quantitative estimate of drug-likeness (QED) is 0.410. The molecule has 3 amide bonds. The molecule has 2 aromatic carbocycles. The summed E-state index contributed by atoms with van der Waals surface area (Å²) in [6.07, 6.45) is 3.93. The number of nitrogens with zero attached hydrogens (tertiary/aromatic N) is 3. The monoisotopic (exact) mass is 472 g/mol. The smallest absolute Gasteiger partial charge is 0.251 e. The lowest BCUT2D eigenvalue weighted by Gasteiger charge is -2.15. The molecular weight excluding hydrogens is 444 g/mol. The van der Waals surface area contributed by atoms with Gasteiger partial charge in [0.05, 0.1) is 5.69 Å². The molecular formula is C26H28N6O3. The first-order valence-electron chi connectivity index (χ1n) is 11.6. The second-order valence-electron chi connectivity index (χ2n) is 8.32. The number of nitrogens with one attached hydrogen (secondary N) is 3. The zero-order valence-corrected chi connectivity index (χ0v) is 19.6. The van der Waals surface area contributed by atoms with Gasteiger partial charge in [0.2, 0.25) is 17.8 Å². The van der Waals surface area contributed by atoms with E-state index in [1.165, 1.54) is 6.92 Å². The Hall–Kier alpha value is -4.27. The topological polar surface area (TPSA) is 116 Å². The van der Waals surface area contributed by atoms with Gasteiger partial charge in [-0.15, -0.1) is 0 Å². The van der Waals surface area contributed by atoms with Crippen molar-refractivity contribution in [1.82, 2.24) is 20.2 Å². The Kier molecular flexibility index (Phi) is 7.67. The normalized spacial score (nSPS) is 12.9. The molecule has 35 heavy (non-hydrogen) atoms. The number of rotatable bonds is 9. The maximum atomic E-state index is 12.6. The van der Waals surface area contributed by atoms with Crippen molar-refractivity contribution in [3.05, 3.63) is 66.4 Å². The van der Waals surface area contributed by atoms with Gasteiger partial charge in [0, 0.05) is 61.7 Å². The maximum absolute atomic E-state index is 12.6. The first-order chi connectivity index (χ1) is 17.0. The minimum absolute atomic E-state index is 0.124. The SMILES string of the molecule is CC(=O)Nc1ccc(-c2ccnc(Nc3cccc(C(=O)NCCCN4CCCC4=O)c3)n2)cc1. The van der Waals surface area contributed by atoms with E-state index in [1.807, 2.05) is 35.2 Å². The number of carbonyl (C=O) groups is 3. The van der Waals surface area contributed by atoms with Crippen LogP contribution in [0.4, 0.5) is 17.3 Å². The van der Waals surface area contributed by atoms with E-state index in [2.05, 4.69) is 25.9 Å². The zero-order valence-electron chi connectivity index (χ0n) is 19.6. The van der Waals surface area contributed by atoms with E-state index in [0.29, 0.717) is 42.4 Å². The Morgan fingerprint density at radius 1 is 1.06 bits per heavy atom. The van der Waals surface area contributed by atoms with E-state index in [4.69, 9.17) is 0 Å². The van der Waals surface area contributed by atoms with E-state index in [1.54, 1.807) is 30.5 Å². The molecule has 0 radical (unpaired) electrons. The number of benzene rings is 2. The van der Waals surface area contributed by atoms with Gasteiger partial charge in [0.15, 0.2) is 0 Å². The van der Waals surface area contributed by atoms with Crippen molar-refractivity contribution in [3.63, 3.8) is 0 Å². The summed E-state index contributed by atoms with van der Waals surface area (Å²) in [5, 5.41) is 8.81. The van der Waals surface area contributed by atoms with Crippen LogP contribution in [0.3, 0.4) is 0 Å². The molecule has 0 unspecified atom stereocenters. The van der Waals surface area contributed by atoms with Gasteiger partial charge in [-0.3, -0.25) is 14.4 Å². The molecule has 2 heterocycles. The lowest BCUT2D eigenvalue weighted by atomic mass is 10.1. The summed E-state index contributed by atoms with van der Waals surface area (Å²) in [5.41, 5.74) is 3.54. The fraction of sp³-hybridized carbons (Fsp3) is 0.269. The van der Waals surface area contributed by atoms with E-state index < -0.39 is 0 Å². The predicted octanol–water partition coefficient (Wildman–Crippen LogP) is 3.59. The summed E-state index contributed by atoms with van der Waals surface area (Å²) in [5.74, 6) is 0.306. The van der Waals surface area contributed by atoms with Crippen LogP contribution in [-0.4, -0.2) is 52.2 Å². The Balaban J connectivity index is 1.34. The number of likely N-dealkylation sites (tertiary alicyclic amines) is 1. The molecule has 0 saturated carbocycles. The van der Waals surface area contributed by atoms with Crippen molar-refractivity contribution in [3.8, 4) is 11.3 Å². The molecule has 3 aromatic rings. The second kappa shape index (κ2) is 11.2. The Labute approximate surface area is 204 Å². The summed E-state index contributed by atoms with van der Waals surface area (Å²) in [7, 11) is 0. The molecule has 9 heteroatoms. The summed E-state index contributed by atoms with van der Waals surface area (Å²) in [6.45, 7) is 3.45. The van der Waals surface area contributed by atoms with Gasteiger partial charge in [0.25, 0.3) is 5.91 Å². The lowest BCUT2D eigenvalue weighted by molar-refractivity contribution is -0.127. The number of amides is 3. The van der Waals surface area contributed by atoms with Crippen LogP contribution >= 0.6 is 0 Å². The van der Waals surface area contributed by atoms with Crippen LogP contribution in [0.15, 0.2) is 60.8 Å². The minimum Gasteiger partial charge on any atom is -0.352 e. The predicted molar refractivity (Wildman–Crippen MR) is 134 cm³/mol. The molecule has 1 fully saturated rings. The molecule has 180 valence electrons. The maximum Gasteiger partial charge on any atom is 0.251 e. The number of hydrogen-bond donors (Lipinski definition) is 3. The standard InChI is InChI=1S/C26H28N6O3/c1-18(33)29-21-10-8-19(9-11-21)23-12-14-28-26(31-23)30-22-6-2-5-20(17-22)25(35)27-13-4-16-32-15-3-7-24(32)34/h2,5-6,8-12,14,17H,3-4,7,13,15-16H2,1H3,(H,27,35)(H,29,33)(H,28,30,31). The molecule has 9 nitrogen and oxygen atoms in total. The van der Waals surface area contributed by atoms with Crippen LogP contribution in [0.1, 0.15) is 36.5 Å². The van der Waals surface area contributed by atoms with Crippen molar-refractivity contribution in [2.45, 2.75) is 26.2 Å². The molecule has 0 atom stereocenters. The molecule has 1 aliphatic rings. The molecule has 0 aliphatic carbocycles. The summed E-state index contributed by atoms with van der Waals surface area (Å²) in [6, 6.07) is 16.3. The van der Waals surface area contributed by atoms with Crippen molar-refractivity contribution in [1.29, 1.82) is 0 Å². The third-order valence-corrected chi connectivity index (χ3v) is 5.60. The zero-order chi connectivity index (χ0) is 24.6. The van der Waals surface area contributed by atoms with E-state index in [-0.39, 0.29) is 17.7 Å². The van der Waals surface area contributed by atoms with Gasteiger partial charge in [0.1, 0.15) is 0 Å². The van der Waals surface area contributed by atoms with Gasteiger partial charge in [-0.25, -0.2) is 9.97 Å². The summed E-state index contributed by atoms with van der Waals surface area (Å²) in [4.78, 5) is 46.1. The van der Waals surface area contributed by atoms with Crippen LogP contribution in [0, 0.1) is 0 Å². The molecule has 1 aliphatic heterocycles. The number of carbonyl (C=O) groups excluding carboxylic acids is 3. The van der Waals surface area contributed by atoms with Gasteiger partial charge in [-0.2, -0.15) is 0 Å². The van der Waals surface area contributed by atoms with Crippen molar-refractivity contribution >= 4 is 35.0 Å². The highest BCUT2D eigenvalue weighted by atomic mass is 16.2. The van der Waals surface area contributed by atoms with Gasteiger partial charge < -0.3 is 20.9 Å². The van der Waals surface area contributed by atoms with Crippen molar-refractivity contribution in [2.75, 3.05) is 30.3 Å². The Morgan fingerprint density at radius 2 is 1.89 bits per heavy atom. The molecule has 3 N–H and O–H groups in total. The first kappa shape index (κ1) is 23.9. The fourth-order valence-electron chi connectivity index (χ4n) is 3.89. The van der Waals surface area contributed by atoms with E-state index in [9.17, 15) is 14.4 Å². The second-order valence-corrected chi connectivity index (χ2v) is 8.32. The highest BCUT2D eigenvalue weighted by Crippen LogP contribution is 2.22. The van der Waals surface area contributed by atoms with Crippen LogP contribution in [0.25, 0.3) is 11.3 Å². The van der Waals surface area contributed by atoms with E-state index in [0.717, 1.165) is 30.6 Å². The average Bonchev–Trinajstić information content (AvgIpc) is 3.26. The van der Waals surface area contributed by atoms with Gasteiger partial charge >= 0.3 is 0 Å². The molecule has 0 bridgehead atoms. The van der Waals surface area contributed by atoms with Crippen molar-refractivity contribution < 1.29 is 14.4 Å². The highest BCUT2D eigenvalue weighted by Gasteiger charge is 2.19. The van der Waals surface area contributed by atoms with Crippen molar-refractivity contribution in [2.24, 2.45) is 0 Å². The number of aromatic nitrogens is 2. The Morgan fingerprint density at radius 3 is 2.63 bits per heavy atom. The first-order valence-corrected chi connectivity index (χ1v) is 11.6. The summed E-state index contributed by atoms with van der Waals surface area (Å²) >= 11 is 0. The molecule has 4 rings (SSSR count). The van der Waals surface area contributed by atoms with Crippen LogP contribution in [0.2, 0.25) is 0 Å². The van der Waals surface area contributed by atoms with Crippen LogP contribution < -0.4 is 16.0 Å². The minimum atomic E-state index is -0.171.